The molecule has 1 aromatic carbocycles. The summed E-state index contributed by atoms with van der Waals surface area (Å²) in [6.45, 7) is 5.49. The van der Waals surface area contributed by atoms with E-state index < -0.39 is 15.1 Å². The maximum absolute atomic E-state index is 12.5. The van der Waals surface area contributed by atoms with Crippen molar-refractivity contribution in [2.24, 2.45) is 0 Å². The number of carbonyl (C=O) groups is 1. The first-order valence-electron chi connectivity index (χ1n) is 8.76. The third-order valence-electron chi connectivity index (χ3n) is 4.41. The highest BCUT2D eigenvalue weighted by Crippen LogP contribution is 2.15. The van der Waals surface area contributed by atoms with Crippen molar-refractivity contribution in [3.05, 3.63) is 46.0 Å². The van der Waals surface area contributed by atoms with Crippen molar-refractivity contribution < 1.29 is 18.1 Å². The lowest BCUT2D eigenvalue weighted by Crippen LogP contribution is -2.53. The molecule has 0 bridgehead atoms. The number of carbonyl (C=O) groups excluding carboxylic acids is 1. The largest absolute Gasteiger partial charge is 0.337 e. The van der Waals surface area contributed by atoms with Gasteiger partial charge in [0.15, 0.2) is 0 Å². The first-order chi connectivity index (χ1) is 12.8. The van der Waals surface area contributed by atoms with Crippen LogP contribution in [-0.2, 0) is 15.0 Å². The van der Waals surface area contributed by atoms with Gasteiger partial charge < -0.3 is 4.90 Å². The molecule has 0 atom stereocenters. The Hall–Kier alpha value is -2.30. The normalized spacial score (nSPS) is 16.2. The van der Waals surface area contributed by atoms with Gasteiger partial charge in [0.1, 0.15) is 0 Å². The van der Waals surface area contributed by atoms with Crippen molar-refractivity contribution in [3.63, 3.8) is 0 Å². The molecule has 10 heteroatoms. The van der Waals surface area contributed by atoms with Gasteiger partial charge in [-0.25, -0.2) is 0 Å². The van der Waals surface area contributed by atoms with Gasteiger partial charge in [-0.05, 0) is 11.6 Å². The van der Waals surface area contributed by atoms with Crippen LogP contribution in [0.15, 0.2) is 30.3 Å². The fraction of sp³-hybridized carbons (Fsp3) is 0.471. The molecule has 27 heavy (non-hydrogen) atoms. The number of non-ortho nitro benzene ring substituents is 1. The van der Waals surface area contributed by atoms with E-state index in [9.17, 15) is 23.3 Å². The van der Waals surface area contributed by atoms with Gasteiger partial charge in [0, 0.05) is 57.5 Å². The molecule has 0 aliphatic carbocycles. The van der Waals surface area contributed by atoms with Gasteiger partial charge in [-0.2, -0.15) is 17.0 Å². The van der Waals surface area contributed by atoms with Crippen LogP contribution < -0.4 is 0 Å². The van der Waals surface area contributed by atoms with E-state index in [2.05, 4.69) is 0 Å². The van der Waals surface area contributed by atoms with Crippen LogP contribution in [0.5, 0.6) is 0 Å². The zero-order chi connectivity index (χ0) is 20.0. The van der Waals surface area contributed by atoms with Crippen LogP contribution in [-0.4, -0.2) is 72.0 Å². The Labute approximate surface area is 159 Å². The summed E-state index contributed by atoms with van der Waals surface area (Å²) >= 11 is 0. The maximum Gasteiger partial charge on any atom is 0.282 e. The fourth-order valence-corrected chi connectivity index (χ4v) is 4.47. The molecule has 1 saturated heterocycles. The second-order valence-corrected chi connectivity index (χ2v) is 7.93. The topological polar surface area (TPSA) is 104 Å². The lowest BCUT2D eigenvalue weighted by atomic mass is 10.2. The molecule has 0 aromatic heterocycles. The SMILES string of the molecule is CCN(CC)S(=O)(=O)N1CCN(C(=O)/C=C/c2cccc([N+](=O)[O-])c2)CC1. The Morgan fingerprint density at radius 2 is 1.85 bits per heavy atom. The van der Waals surface area contributed by atoms with Crippen molar-refractivity contribution in [2.75, 3.05) is 39.3 Å². The second-order valence-electron chi connectivity index (χ2n) is 6.00. The molecule has 9 nitrogen and oxygen atoms in total. The molecule has 1 aromatic rings. The molecule has 0 N–H and O–H groups in total. The van der Waals surface area contributed by atoms with E-state index in [1.807, 2.05) is 0 Å². The van der Waals surface area contributed by atoms with E-state index in [1.54, 1.807) is 30.9 Å². The van der Waals surface area contributed by atoms with E-state index in [4.69, 9.17) is 0 Å². The Balaban J connectivity index is 1.97. The first kappa shape index (κ1) is 21.0. The van der Waals surface area contributed by atoms with E-state index >= 15 is 0 Å². The second kappa shape index (κ2) is 9.07. The predicted molar refractivity (Wildman–Crippen MR) is 102 cm³/mol. The van der Waals surface area contributed by atoms with Crippen molar-refractivity contribution in [1.82, 2.24) is 13.5 Å². The predicted octanol–water partition coefficient (Wildman–Crippen LogP) is 1.34. The van der Waals surface area contributed by atoms with Crippen LogP contribution in [0.4, 0.5) is 5.69 Å². The molecule has 2 rings (SSSR count). The molecule has 1 aliphatic rings. The number of rotatable bonds is 7. The lowest BCUT2D eigenvalue weighted by Gasteiger charge is -2.35. The molecule has 0 radical (unpaired) electrons. The summed E-state index contributed by atoms with van der Waals surface area (Å²) in [4.78, 5) is 24.2. The monoisotopic (exact) mass is 396 g/mol. The van der Waals surface area contributed by atoms with Crippen LogP contribution in [0.1, 0.15) is 19.4 Å². The summed E-state index contributed by atoms with van der Waals surface area (Å²) in [5.41, 5.74) is 0.514. The first-order valence-corrected chi connectivity index (χ1v) is 10.2. The molecule has 0 saturated carbocycles. The van der Waals surface area contributed by atoms with Crippen LogP contribution >= 0.6 is 0 Å². The molecular formula is C17H24N4O5S. The Morgan fingerprint density at radius 1 is 1.22 bits per heavy atom. The number of nitro benzene ring substituents is 1. The van der Waals surface area contributed by atoms with Gasteiger partial charge in [-0.1, -0.05) is 26.0 Å². The Morgan fingerprint density at radius 3 is 2.41 bits per heavy atom. The summed E-state index contributed by atoms with van der Waals surface area (Å²) < 4.78 is 27.8. The van der Waals surface area contributed by atoms with Crippen LogP contribution in [0, 0.1) is 10.1 Å². The molecule has 0 spiro atoms. The van der Waals surface area contributed by atoms with Crippen molar-refractivity contribution >= 4 is 27.9 Å². The fourth-order valence-electron chi connectivity index (χ4n) is 2.87. The van der Waals surface area contributed by atoms with Gasteiger partial charge in [0.25, 0.3) is 15.9 Å². The summed E-state index contributed by atoms with van der Waals surface area (Å²) in [5, 5.41) is 10.8. The van der Waals surface area contributed by atoms with Gasteiger partial charge in [-0.15, -0.1) is 0 Å². The van der Waals surface area contributed by atoms with E-state index in [0.717, 1.165) is 0 Å². The summed E-state index contributed by atoms with van der Waals surface area (Å²) in [7, 11) is -3.49. The molecular weight excluding hydrogens is 372 g/mol. The van der Waals surface area contributed by atoms with Crippen LogP contribution in [0.25, 0.3) is 6.08 Å². The van der Waals surface area contributed by atoms with Crippen LogP contribution in [0.3, 0.4) is 0 Å². The van der Waals surface area contributed by atoms with Gasteiger partial charge in [0.2, 0.25) is 5.91 Å². The Bertz CT molecular complexity index is 812. The number of nitrogens with zero attached hydrogens (tertiary/aromatic N) is 4. The number of amides is 1. The molecule has 1 amide bonds. The minimum Gasteiger partial charge on any atom is -0.337 e. The third kappa shape index (κ3) is 5.12. The van der Waals surface area contributed by atoms with E-state index in [-0.39, 0.29) is 24.7 Å². The van der Waals surface area contributed by atoms with Crippen molar-refractivity contribution in [3.8, 4) is 0 Å². The lowest BCUT2D eigenvalue weighted by molar-refractivity contribution is -0.384. The third-order valence-corrected chi connectivity index (χ3v) is 6.59. The van der Waals surface area contributed by atoms with E-state index in [1.165, 1.54) is 32.9 Å². The Kier molecular flexibility index (Phi) is 7.05. The quantitative estimate of drug-likeness (QED) is 0.393. The van der Waals surface area contributed by atoms with Gasteiger partial charge in [-0.3, -0.25) is 14.9 Å². The smallest absolute Gasteiger partial charge is 0.282 e. The number of hydrogen-bond donors (Lipinski definition) is 0. The summed E-state index contributed by atoms with van der Waals surface area (Å²) in [6, 6.07) is 6.00. The standard InChI is InChI=1S/C17H24N4O5S/c1-3-19(4-2)27(25,26)20-12-10-18(11-13-20)17(22)9-8-15-6-5-7-16(14-15)21(23)24/h5-9,14H,3-4,10-13H2,1-2H3/b9-8+. The summed E-state index contributed by atoms with van der Waals surface area (Å²) in [5.74, 6) is -0.249. The van der Waals surface area contributed by atoms with Gasteiger partial charge in [0.05, 0.1) is 4.92 Å². The van der Waals surface area contributed by atoms with Gasteiger partial charge >= 0.3 is 0 Å². The zero-order valence-electron chi connectivity index (χ0n) is 15.4. The minimum absolute atomic E-state index is 0.0418. The molecule has 148 valence electrons. The minimum atomic E-state index is -3.49. The summed E-state index contributed by atoms with van der Waals surface area (Å²) in [6.07, 6.45) is 2.88. The van der Waals surface area contributed by atoms with Crippen molar-refractivity contribution in [2.45, 2.75) is 13.8 Å². The van der Waals surface area contributed by atoms with E-state index in [0.29, 0.717) is 31.7 Å². The molecule has 1 fully saturated rings. The molecule has 0 unspecified atom stereocenters. The van der Waals surface area contributed by atoms with Crippen molar-refractivity contribution in [1.29, 1.82) is 0 Å². The molecule has 1 aliphatic heterocycles. The highest BCUT2D eigenvalue weighted by Gasteiger charge is 2.31. The number of piperazine rings is 1. The zero-order valence-corrected chi connectivity index (χ0v) is 16.3. The number of hydrogen-bond acceptors (Lipinski definition) is 5. The maximum atomic E-state index is 12.5. The number of benzene rings is 1. The average molecular weight is 396 g/mol. The average Bonchev–Trinajstić information content (AvgIpc) is 2.67. The molecule has 1 heterocycles. The number of nitro groups is 1. The highest BCUT2D eigenvalue weighted by molar-refractivity contribution is 7.86. The highest BCUT2D eigenvalue weighted by atomic mass is 32.2. The van der Waals surface area contributed by atoms with Crippen LogP contribution in [0.2, 0.25) is 0 Å².